The van der Waals surface area contributed by atoms with Gasteiger partial charge in [0.25, 0.3) is 5.91 Å². The van der Waals surface area contributed by atoms with Crippen LogP contribution in [0.5, 0.6) is 5.88 Å². The van der Waals surface area contributed by atoms with Gasteiger partial charge in [-0.1, -0.05) is 6.07 Å². The van der Waals surface area contributed by atoms with Crippen molar-refractivity contribution in [2.75, 3.05) is 29.9 Å². The number of ether oxygens (including phenoxy) is 1. The Kier molecular flexibility index (Phi) is 4.17. The number of nitrogens with one attached hydrogen (secondary N) is 3. The molecule has 2 saturated heterocycles. The van der Waals surface area contributed by atoms with Gasteiger partial charge in [0.2, 0.25) is 5.88 Å². The van der Waals surface area contributed by atoms with Crippen molar-refractivity contribution >= 4 is 17.4 Å². The molecule has 3 aliphatic heterocycles. The summed E-state index contributed by atoms with van der Waals surface area (Å²) < 4.78 is 19.6. The molecule has 1 amide bonds. The quantitative estimate of drug-likeness (QED) is 0.749. The number of anilines is 2. The summed E-state index contributed by atoms with van der Waals surface area (Å²) in [5.74, 6) is 1.18. The lowest BCUT2D eigenvalue weighted by Gasteiger charge is -2.27. The standard InChI is InChI=1S/C20H22FN5O2/c1-11-14(21)3-2-4-15(11)23-16-7-8-26(20(16)27)18-6-5-12-13-9-22-25-17(13)10-28-19(12)24-18/h2-6,13,16-17,22-23,25H,7-10H2,1H3. The monoisotopic (exact) mass is 383 g/mol. The Morgan fingerprint density at radius 2 is 2.21 bits per heavy atom. The SMILES string of the molecule is Cc1c(F)cccc1NC1CCN(c2ccc3c(n2)OCC2NNCC32)C1=O. The second kappa shape index (κ2) is 6.72. The molecule has 0 aliphatic carbocycles. The molecule has 0 saturated carbocycles. The van der Waals surface area contributed by atoms with Crippen LogP contribution >= 0.6 is 0 Å². The van der Waals surface area contributed by atoms with Crippen molar-refractivity contribution in [2.45, 2.75) is 31.3 Å². The number of halogens is 1. The third-order valence-electron chi connectivity index (χ3n) is 5.85. The zero-order chi connectivity index (χ0) is 19.3. The predicted molar refractivity (Wildman–Crippen MR) is 103 cm³/mol. The summed E-state index contributed by atoms with van der Waals surface area (Å²) in [6, 6.07) is 8.59. The highest BCUT2D eigenvalue weighted by Gasteiger charge is 2.37. The van der Waals surface area contributed by atoms with Gasteiger partial charge in [0.1, 0.15) is 24.3 Å². The number of hydrazine groups is 1. The van der Waals surface area contributed by atoms with E-state index in [9.17, 15) is 9.18 Å². The Hall–Kier alpha value is -2.71. The molecule has 0 bridgehead atoms. The van der Waals surface area contributed by atoms with Crippen LogP contribution in [0.1, 0.15) is 23.5 Å². The summed E-state index contributed by atoms with van der Waals surface area (Å²) in [5, 5.41) is 3.19. The average molecular weight is 383 g/mol. The van der Waals surface area contributed by atoms with E-state index in [1.54, 1.807) is 24.0 Å². The van der Waals surface area contributed by atoms with Crippen molar-refractivity contribution in [1.82, 2.24) is 15.8 Å². The van der Waals surface area contributed by atoms with Crippen molar-refractivity contribution in [1.29, 1.82) is 0 Å². The van der Waals surface area contributed by atoms with Crippen LogP contribution in [0.2, 0.25) is 0 Å². The van der Waals surface area contributed by atoms with Crippen LogP contribution in [0.4, 0.5) is 15.9 Å². The minimum absolute atomic E-state index is 0.0611. The van der Waals surface area contributed by atoms with E-state index in [0.717, 1.165) is 12.1 Å². The molecule has 0 spiro atoms. The van der Waals surface area contributed by atoms with E-state index in [2.05, 4.69) is 21.2 Å². The number of rotatable bonds is 3. The fraction of sp³-hybridized carbons (Fsp3) is 0.400. The van der Waals surface area contributed by atoms with Gasteiger partial charge in [-0.2, -0.15) is 4.98 Å². The number of carbonyl (C=O) groups is 1. The molecular formula is C20H22FN5O2. The highest BCUT2D eigenvalue weighted by Crippen LogP contribution is 2.36. The second-order valence-corrected chi connectivity index (χ2v) is 7.50. The van der Waals surface area contributed by atoms with Gasteiger partial charge in [-0.15, -0.1) is 0 Å². The first-order valence-corrected chi connectivity index (χ1v) is 9.57. The highest BCUT2D eigenvalue weighted by molar-refractivity contribution is 6.00. The molecule has 7 nitrogen and oxygen atoms in total. The minimum Gasteiger partial charge on any atom is -0.476 e. The number of hydrogen-bond acceptors (Lipinski definition) is 6. The van der Waals surface area contributed by atoms with Crippen LogP contribution in [0.3, 0.4) is 0 Å². The Labute approximate surface area is 162 Å². The Bertz CT molecular complexity index is 937. The fourth-order valence-corrected chi connectivity index (χ4v) is 4.18. The average Bonchev–Trinajstić information content (AvgIpc) is 3.32. The zero-order valence-corrected chi connectivity index (χ0v) is 15.5. The van der Waals surface area contributed by atoms with Gasteiger partial charge in [0, 0.05) is 35.8 Å². The topological polar surface area (TPSA) is 78.5 Å². The van der Waals surface area contributed by atoms with E-state index in [-0.39, 0.29) is 17.8 Å². The van der Waals surface area contributed by atoms with Crippen molar-refractivity contribution < 1.29 is 13.9 Å². The maximum absolute atomic E-state index is 13.8. The maximum atomic E-state index is 13.8. The smallest absolute Gasteiger partial charge is 0.250 e. The van der Waals surface area contributed by atoms with Crippen LogP contribution in [0.25, 0.3) is 0 Å². The number of benzene rings is 1. The molecule has 3 atom stereocenters. The Balaban J connectivity index is 1.35. The first kappa shape index (κ1) is 17.4. The molecule has 3 unspecified atom stereocenters. The van der Waals surface area contributed by atoms with Crippen LogP contribution < -0.4 is 25.8 Å². The van der Waals surface area contributed by atoms with Gasteiger partial charge >= 0.3 is 0 Å². The van der Waals surface area contributed by atoms with Crippen molar-refractivity contribution in [3.63, 3.8) is 0 Å². The minimum atomic E-state index is -0.396. The summed E-state index contributed by atoms with van der Waals surface area (Å²) in [6.07, 6.45) is 0.632. The van der Waals surface area contributed by atoms with E-state index in [1.807, 2.05) is 12.1 Å². The number of nitrogens with zero attached hydrogens (tertiary/aromatic N) is 2. The van der Waals surface area contributed by atoms with E-state index in [1.165, 1.54) is 6.07 Å². The summed E-state index contributed by atoms with van der Waals surface area (Å²) in [6.45, 7) is 3.66. The molecule has 146 valence electrons. The second-order valence-electron chi connectivity index (χ2n) is 7.50. The molecule has 1 aromatic heterocycles. The fourth-order valence-electron chi connectivity index (χ4n) is 4.18. The first-order valence-electron chi connectivity index (χ1n) is 9.57. The number of fused-ring (bicyclic) bond motifs is 3. The lowest BCUT2D eigenvalue weighted by atomic mass is 9.92. The summed E-state index contributed by atoms with van der Waals surface area (Å²) in [4.78, 5) is 19.2. The maximum Gasteiger partial charge on any atom is 0.250 e. The molecule has 3 aliphatic rings. The van der Waals surface area contributed by atoms with Gasteiger partial charge in [-0.25, -0.2) is 4.39 Å². The van der Waals surface area contributed by atoms with E-state index >= 15 is 0 Å². The summed E-state index contributed by atoms with van der Waals surface area (Å²) >= 11 is 0. The molecule has 5 rings (SSSR count). The number of carbonyl (C=O) groups excluding carboxylic acids is 1. The molecular weight excluding hydrogens is 361 g/mol. The molecule has 28 heavy (non-hydrogen) atoms. The summed E-state index contributed by atoms with van der Waals surface area (Å²) in [7, 11) is 0. The largest absolute Gasteiger partial charge is 0.476 e. The normalized spacial score (nSPS) is 26.0. The Morgan fingerprint density at radius 3 is 3.11 bits per heavy atom. The molecule has 4 heterocycles. The molecule has 3 N–H and O–H groups in total. The number of amides is 1. The highest BCUT2D eigenvalue weighted by atomic mass is 19.1. The van der Waals surface area contributed by atoms with E-state index < -0.39 is 6.04 Å². The summed E-state index contributed by atoms with van der Waals surface area (Å²) in [5.41, 5.74) is 8.60. The third kappa shape index (κ3) is 2.80. The van der Waals surface area contributed by atoms with Crippen LogP contribution in [-0.2, 0) is 4.79 Å². The number of hydrogen-bond donors (Lipinski definition) is 3. The van der Waals surface area contributed by atoms with Gasteiger partial charge < -0.3 is 10.1 Å². The zero-order valence-electron chi connectivity index (χ0n) is 15.5. The van der Waals surface area contributed by atoms with Crippen LogP contribution in [-0.4, -0.2) is 42.7 Å². The van der Waals surface area contributed by atoms with E-state index in [4.69, 9.17) is 4.74 Å². The van der Waals surface area contributed by atoms with Crippen molar-refractivity contribution in [3.05, 3.63) is 47.3 Å². The van der Waals surface area contributed by atoms with Crippen molar-refractivity contribution in [2.24, 2.45) is 0 Å². The number of pyridine rings is 1. The van der Waals surface area contributed by atoms with Gasteiger partial charge in [-0.3, -0.25) is 20.5 Å². The number of aromatic nitrogens is 1. The third-order valence-corrected chi connectivity index (χ3v) is 5.85. The van der Waals surface area contributed by atoms with Crippen molar-refractivity contribution in [3.8, 4) is 5.88 Å². The first-order chi connectivity index (χ1) is 13.6. The predicted octanol–water partition coefficient (Wildman–Crippen LogP) is 1.70. The lowest BCUT2D eigenvalue weighted by Crippen LogP contribution is -2.39. The lowest BCUT2D eigenvalue weighted by molar-refractivity contribution is -0.117. The Morgan fingerprint density at radius 1 is 1.32 bits per heavy atom. The molecule has 2 fully saturated rings. The van der Waals surface area contributed by atoms with Crippen LogP contribution in [0.15, 0.2) is 30.3 Å². The van der Waals surface area contributed by atoms with E-state index in [0.29, 0.717) is 48.4 Å². The van der Waals surface area contributed by atoms with Gasteiger partial charge in [-0.05, 0) is 37.6 Å². The van der Waals surface area contributed by atoms with Gasteiger partial charge in [0.05, 0.1) is 6.04 Å². The molecule has 8 heteroatoms. The van der Waals surface area contributed by atoms with Gasteiger partial charge in [0.15, 0.2) is 0 Å². The molecule has 2 aromatic rings. The van der Waals surface area contributed by atoms with Crippen LogP contribution in [0, 0.1) is 12.7 Å². The molecule has 1 aromatic carbocycles. The molecule has 0 radical (unpaired) electrons.